The number of fused-ring (bicyclic) bond motifs is 2. The number of rotatable bonds is 2. The Morgan fingerprint density at radius 3 is 2.19 bits per heavy atom. The Hall–Kier alpha value is -1.67. The second kappa shape index (κ2) is 5.27. The molecule has 0 aliphatic carbocycles. The topological polar surface area (TPSA) is 89.6 Å². The Morgan fingerprint density at radius 2 is 1.52 bits per heavy atom. The van der Waals surface area contributed by atoms with Crippen molar-refractivity contribution in [3.8, 4) is 0 Å². The summed E-state index contributed by atoms with van der Waals surface area (Å²) in [5.41, 5.74) is 5.88. The Labute approximate surface area is 123 Å². The predicted molar refractivity (Wildman–Crippen MR) is 77.4 cm³/mol. The molecular formula is C13H20N6O2. The number of morpholine rings is 2. The molecule has 3 saturated heterocycles. The highest BCUT2D eigenvalue weighted by Crippen LogP contribution is 2.28. The number of ether oxygens (including phenoxy) is 2. The first-order valence-corrected chi connectivity index (χ1v) is 7.52. The van der Waals surface area contributed by atoms with Gasteiger partial charge in [0.25, 0.3) is 0 Å². The van der Waals surface area contributed by atoms with Crippen molar-refractivity contribution in [3.63, 3.8) is 0 Å². The Morgan fingerprint density at radius 1 is 0.905 bits per heavy atom. The van der Waals surface area contributed by atoms with Gasteiger partial charge in [-0.25, -0.2) is 0 Å². The Kier molecular flexibility index (Phi) is 3.27. The van der Waals surface area contributed by atoms with Crippen LogP contribution < -0.4 is 15.5 Å². The summed E-state index contributed by atoms with van der Waals surface area (Å²) in [6.07, 6.45) is 2.85. The van der Waals surface area contributed by atoms with Gasteiger partial charge in [0, 0.05) is 26.2 Å². The molecule has 0 radical (unpaired) electrons. The van der Waals surface area contributed by atoms with Crippen molar-refractivity contribution in [1.82, 2.24) is 15.0 Å². The van der Waals surface area contributed by atoms with Gasteiger partial charge in [-0.15, -0.1) is 0 Å². The average molecular weight is 292 g/mol. The van der Waals surface area contributed by atoms with Crippen LogP contribution in [0.1, 0.15) is 12.8 Å². The molecule has 0 saturated carbocycles. The summed E-state index contributed by atoms with van der Waals surface area (Å²) >= 11 is 0. The standard InChI is InChI=1S/C13H20N6O2/c14-11-15-12(18-3-5-20-6-4-18)17-13(16-11)19-7-9-1-2-10(8-19)21-9/h9-10H,1-8H2,(H2,14,15,16,17). The van der Waals surface area contributed by atoms with Crippen LogP contribution in [-0.2, 0) is 9.47 Å². The molecule has 4 heterocycles. The van der Waals surface area contributed by atoms with Crippen molar-refractivity contribution in [2.75, 3.05) is 54.9 Å². The molecule has 0 aromatic carbocycles. The highest BCUT2D eigenvalue weighted by atomic mass is 16.5. The second-order valence-electron chi connectivity index (χ2n) is 5.76. The Bertz CT molecular complexity index is 509. The molecule has 3 fully saturated rings. The van der Waals surface area contributed by atoms with Crippen molar-refractivity contribution < 1.29 is 9.47 Å². The fraction of sp³-hybridized carbons (Fsp3) is 0.769. The molecule has 2 atom stereocenters. The van der Waals surface area contributed by atoms with Gasteiger partial charge in [-0.3, -0.25) is 0 Å². The predicted octanol–water partition coefficient (Wildman–Crippen LogP) is -0.342. The smallest absolute Gasteiger partial charge is 0.232 e. The van der Waals surface area contributed by atoms with E-state index in [1.807, 2.05) is 0 Å². The average Bonchev–Trinajstić information content (AvgIpc) is 2.86. The summed E-state index contributed by atoms with van der Waals surface area (Å²) in [5.74, 6) is 1.60. The SMILES string of the molecule is Nc1nc(N2CCOCC2)nc(N2CC3CCC(C2)O3)n1. The van der Waals surface area contributed by atoms with Gasteiger partial charge in [0.1, 0.15) is 0 Å². The number of nitrogens with two attached hydrogens (primary N) is 1. The zero-order chi connectivity index (χ0) is 14.2. The van der Waals surface area contributed by atoms with E-state index in [9.17, 15) is 0 Å². The summed E-state index contributed by atoms with van der Waals surface area (Å²) in [5, 5.41) is 0. The molecular weight excluding hydrogens is 272 g/mol. The fourth-order valence-electron chi connectivity index (χ4n) is 3.19. The number of hydrogen-bond donors (Lipinski definition) is 1. The van der Waals surface area contributed by atoms with Crippen LogP contribution in [0.25, 0.3) is 0 Å². The van der Waals surface area contributed by atoms with Gasteiger partial charge >= 0.3 is 0 Å². The van der Waals surface area contributed by atoms with Crippen molar-refractivity contribution in [3.05, 3.63) is 0 Å². The minimum absolute atomic E-state index is 0.278. The minimum Gasteiger partial charge on any atom is -0.378 e. The first kappa shape index (κ1) is 13.0. The van der Waals surface area contributed by atoms with Crippen LogP contribution >= 0.6 is 0 Å². The zero-order valence-electron chi connectivity index (χ0n) is 11.9. The molecule has 4 rings (SSSR count). The normalized spacial score (nSPS) is 29.0. The maximum Gasteiger partial charge on any atom is 0.232 e. The fourth-order valence-corrected chi connectivity index (χ4v) is 3.19. The lowest BCUT2D eigenvalue weighted by atomic mass is 10.2. The Balaban J connectivity index is 1.58. The summed E-state index contributed by atoms with van der Waals surface area (Å²) in [6, 6.07) is 0. The van der Waals surface area contributed by atoms with Crippen LogP contribution in [0.15, 0.2) is 0 Å². The zero-order valence-corrected chi connectivity index (χ0v) is 11.9. The molecule has 8 heteroatoms. The molecule has 3 aliphatic heterocycles. The molecule has 2 bridgehead atoms. The monoisotopic (exact) mass is 292 g/mol. The lowest BCUT2D eigenvalue weighted by Gasteiger charge is -2.33. The van der Waals surface area contributed by atoms with Crippen LogP contribution in [0.5, 0.6) is 0 Å². The molecule has 1 aromatic rings. The highest BCUT2D eigenvalue weighted by Gasteiger charge is 2.35. The van der Waals surface area contributed by atoms with E-state index < -0.39 is 0 Å². The quantitative estimate of drug-likeness (QED) is 0.791. The number of aromatic nitrogens is 3. The molecule has 8 nitrogen and oxygen atoms in total. The van der Waals surface area contributed by atoms with Crippen LogP contribution in [0.3, 0.4) is 0 Å². The van der Waals surface area contributed by atoms with Gasteiger partial charge < -0.3 is 25.0 Å². The molecule has 21 heavy (non-hydrogen) atoms. The van der Waals surface area contributed by atoms with Gasteiger partial charge in [-0.1, -0.05) is 0 Å². The molecule has 3 aliphatic rings. The van der Waals surface area contributed by atoms with E-state index in [1.54, 1.807) is 0 Å². The van der Waals surface area contributed by atoms with E-state index in [-0.39, 0.29) is 5.95 Å². The van der Waals surface area contributed by atoms with E-state index in [4.69, 9.17) is 15.2 Å². The van der Waals surface area contributed by atoms with Crippen LogP contribution in [-0.4, -0.2) is 66.6 Å². The maximum atomic E-state index is 5.88. The summed E-state index contributed by atoms with van der Waals surface area (Å²) in [7, 11) is 0. The third kappa shape index (κ3) is 2.60. The van der Waals surface area contributed by atoms with Crippen molar-refractivity contribution in [2.24, 2.45) is 0 Å². The van der Waals surface area contributed by atoms with Crippen molar-refractivity contribution in [2.45, 2.75) is 25.0 Å². The van der Waals surface area contributed by atoms with Gasteiger partial charge in [0.2, 0.25) is 17.8 Å². The molecule has 114 valence electrons. The summed E-state index contributed by atoms with van der Waals surface area (Å²) in [4.78, 5) is 17.5. The first-order chi connectivity index (χ1) is 10.3. The third-order valence-corrected chi connectivity index (χ3v) is 4.25. The second-order valence-corrected chi connectivity index (χ2v) is 5.76. The third-order valence-electron chi connectivity index (χ3n) is 4.25. The molecule has 0 amide bonds. The minimum atomic E-state index is 0.278. The lowest BCUT2D eigenvalue weighted by Crippen LogP contribution is -2.44. The lowest BCUT2D eigenvalue weighted by molar-refractivity contribution is 0.0299. The summed E-state index contributed by atoms with van der Waals surface area (Å²) < 4.78 is 11.2. The number of anilines is 3. The molecule has 2 unspecified atom stereocenters. The molecule has 2 N–H and O–H groups in total. The van der Waals surface area contributed by atoms with Crippen LogP contribution in [0.2, 0.25) is 0 Å². The van der Waals surface area contributed by atoms with E-state index >= 15 is 0 Å². The number of hydrogen-bond acceptors (Lipinski definition) is 8. The van der Waals surface area contributed by atoms with Gasteiger partial charge in [-0.2, -0.15) is 15.0 Å². The maximum absolute atomic E-state index is 5.88. The highest BCUT2D eigenvalue weighted by molar-refractivity contribution is 5.44. The largest absolute Gasteiger partial charge is 0.378 e. The molecule has 0 spiro atoms. The van der Waals surface area contributed by atoms with Crippen molar-refractivity contribution >= 4 is 17.8 Å². The first-order valence-electron chi connectivity index (χ1n) is 7.52. The summed E-state index contributed by atoms with van der Waals surface area (Å²) in [6.45, 7) is 4.64. The van der Waals surface area contributed by atoms with Crippen LogP contribution in [0.4, 0.5) is 17.8 Å². The number of nitrogen functional groups attached to an aromatic ring is 1. The van der Waals surface area contributed by atoms with E-state index in [2.05, 4.69) is 24.8 Å². The molecule has 1 aromatic heterocycles. The van der Waals surface area contributed by atoms with E-state index in [1.165, 1.54) is 0 Å². The van der Waals surface area contributed by atoms with Gasteiger partial charge in [0.15, 0.2) is 0 Å². The number of nitrogens with zero attached hydrogens (tertiary/aromatic N) is 5. The van der Waals surface area contributed by atoms with Crippen molar-refractivity contribution in [1.29, 1.82) is 0 Å². The van der Waals surface area contributed by atoms with Gasteiger partial charge in [0.05, 0.1) is 25.4 Å². The van der Waals surface area contributed by atoms with E-state index in [0.717, 1.165) is 39.0 Å². The van der Waals surface area contributed by atoms with Gasteiger partial charge in [-0.05, 0) is 12.8 Å². The van der Waals surface area contributed by atoms with Crippen LogP contribution in [0, 0.1) is 0 Å². The van der Waals surface area contributed by atoms with E-state index in [0.29, 0.717) is 37.3 Å².